The second-order valence-electron chi connectivity index (χ2n) is 7.42. The molecule has 0 aliphatic carbocycles. The van der Waals surface area contributed by atoms with Crippen LogP contribution in [0.5, 0.6) is 5.75 Å². The fourth-order valence-corrected chi connectivity index (χ4v) is 5.28. The Morgan fingerprint density at radius 2 is 2.17 bits per heavy atom. The zero-order chi connectivity index (χ0) is 21.0. The molecule has 8 nitrogen and oxygen atoms in total. The highest BCUT2D eigenvalue weighted by Gasteiger charge is 2.55. The summed E-state index contributed by atoms with van der Waals surface area (Å²) in [6.07, 6.45) is 3.62. The van der Waals surface area contributed by atoms with Crippen molar-refractivity contribution in [1.29, 1.82) is 0 Å². The molecule has 2 bridgehead atoms. The SMILES string of the molecule is CCn1ccc(/C=c2/sc3n(c2=O)[C@@H]2c4ccccc4O[C@](C)(N=3)[C@@H]2C(=O)OC)n1. The van der Waals surface area contributed by atoms with Gasteiger partial charge < -0.3 is 9.47 Å². The molecule has 0 saturated carbocycles. The van der Waals surface area contributed by atoms with Crippen LogP contribution >= 0.6 is 11.3 Å². The molecule has 0 unspecified atom stereocenters. The average Bonchev–Trinajstić information content (AvgIpc) is 3.30. The van der Waals surface area contributed by atoms with Crippen LogP contribution in [-0.2, 0) is 16.1 Å². The molecule has 9 heteroatoms. The van der Waals surface area contributed by atoms with Crippen molar-refractivity contribution < 1.29 is 14.3 Å². The van der Waals surface area contributed by atoms with Crippen molar-refractivity contribution in [3.05, 3.63) is 67.5 Å². The fraction of sp³-hybridized carbons (Fsp3) is 0.333. The van der Waals surface area contributed by atoms with Crippen LogP contribution in [0.1, 0.15) is 31.1 Å². The Labute approximate surface area is 175 Å². The maximum absolute atomic E-state index is 13.4. The number of nitrogens with zero attached hydrogens (tertiary/aromatic N) is 4. The zero-order valence-corrected chi connectivity index (χ0v) is 17.5. The van der Waals surface area contributed by atoms with E-state index < -0.39 is 23.7 Å². The summed E-state index contributed by atoms with van der Waals surface area (Å²) in [7, 11) is 1.34. The number of para-hydroxylation sites is 1. The van der Waals surface area contributed by atoms with E-state index in [1.807, 2.05) is 43.5 Å². The summed E-state index contributed by atoms with van der Waals surface area (Å²) in [6.45, 7) is 4.51. The maximum atomic E-state index is 13.4. The number of fused-ring (bicyclic) bond motifs is 6. The molecule has 4 heterocycles. The fourth-order valence-electron chi connectivity index (χ4n) is 4.20. The van der Waals surface area contributed by atoms with Gasteiger partial charge >= 0.3 is 5.97 Å². The van der Waals surface area contributed by atoms with Gasteiger partial charge in [0.05, 0.1) is 23.4 Å². The van der Waals surface area contributed by atoms with Crippen molar-refractivity contribution >= 4 is 23.4 Å². The van der Waals surface area contributed by atoms with Crippen molar-refractivity contribution in [2.75, 3.05) is 7.11 Å². The first-order valence-corrected chi connectivity index (χ1v) is 10.5. The van der Waals surface area contributed by atoms with Gasteiger partial charge in [0.1, 0.15) is 11.7 Å². The molecule has 154 valence electrons. The maximum Gasteiger partial charge on any atom is 0.317 e. The van der Waals surface area contributed by atoms with E-state index in [1.54, 1.807) is 22.2 Å². The van der Waals surface area contributed by atoms with E-state index in [9.17, 15) is 9.59 Å². The minimum absolute atomic E-state index is 0.206. The van der Waals surface area contributed by atoms with Crippen LogP contribution in [0, 0.1) is 5.92 Å². The summed E-state index contributed by atoms with van der Waals surface area (Å²) in [5.41, 5.74) is 0.0963. The number of rotatable bonds is 3. The molecule has 1 aromatic carbocycles. The molecule has 2 aromatic heterocycles. The molecule has 5 rings (SSSR count). The predicted molar refractivity (Wildman–Crippen MR) is 110 cm³/mol. The molecule has 0 spiro atoms. The monoisotopic (exact) mass is 424 g/mol. The van der Waals surface area contributed by atoms with Gasteiger partial charge in [-0.3, -0.25) is 18.8 Å². The van der Waals surface area contributed by atoms with E-state index in [1.165, 1.54) is 18.4 Å². The van der Waals surface area contributed by atoms with Gasteiger partial charge in [-0.15, -0.1) is 0 Å². The number of benzene rings is 1. The van der Waals surface area contributed by atoms with Gasteiger partial charge in [-0.2, -0.15) is 5.10 Å². The number of aromatic nitrogens is 3. The second-order valence-corrected chi connectivity index (χ2v) is 8.43. The van der Waals surface area contributed by atoms with Crippen molar-refractivity contribution in [2.24, 2.45) is 10.9 Å². The van der Waals surface area contributed by atoms with Crippen LogP contribution < -0.4 is 19.6 Å². The standard InChI is InChI=1S/C21H20N4O4S/c1-4-24-10-9-12(23-24)11-15-18(26)25-17-13-7-5-6-8-14(13)29-21(2,22-20(25)30-15)16(17)19(27)28-3/h5-11,16-17H,4H2,1-3H3/b15-11+/t16-,17+,21-/m0/s1. The summed E-state index contributed by atoms with van der Waals surface area (Å²) in [4.78, 5) is 31.4. The van der Waals surface area contributed by atoms with Crippen molar-refractivity contribution in [3.8, 4) is 5.75 Å². The van der Waals surface area contributed by atoms with Crippen LogP contribution in [0.2, 0.25) is 0 Å². The topological polar surface area (TPSA) is 87.7 Å². The average molecular weight is 424 g/mol. The molecule has 3 atom stereocenters. The third-order valence-electron chi connectivity index (χ3n) is 5.60. The number of esters is 1. The Hall–Kier alpha value is -3.20. The third-order valence-corrected chi connectivity index (χ3v) is 6.58. The lowest BCUT2D eigenvalue weighted by molar-refractivity contribution is -0.158. The van der Waals surface area contributed by atoms with E-state index in [0.29, 0.717) is 20.8 Å². The third kappa shape index (κ3) is 2.65. The molecule has 3 aromatic rings. The Morgan fingerprint density at radius 3 is 2.90 bits per heavy atom. The lowest BCUT2D eigenvalue weighted by Crippen LogP contribution is -2.58. The van der Waals surface area contributed by atoms with Gasteiger partial charge in [-0.05, 0) is 32.1 Å². The molecular formula is C21H20N4O4S. The van der Waals surface area contributed by atoms with Crippen LogP contribution in [0.25, 0.3) is 6.08 Å². The van der Waals surface area contributed by atoms with Gasteiger partial charge in [-0.1, -0.05) is 29.5 Å². The molecule has 30 heavy (non-hydrogen) atoms. The minimum Gasteiger partial charge on any atom is -0.469 e. The van der Waals surface area contributed by atoms with Gasteiger partial charge in [0.15, 0.2) is 4.80 Å². The smallest absolute Gasteiger partial charge is 0.317 e. The molecule has 0 fully saturated rings. The van der Waals surface area contributed by atoms with Gasteiger partial charge in [0.2, 0.25) is 5.72 Å². The number of methoxy groups -OCH3 is 1. The first-order valence-electron chi connectivity index (χ1n) is 9.67. The first kappa shape index (κ1) is 18.8. The molecule has 0 radical (unpaired) electrons. The highest BCUT2D eigenvalue weighted by Crippen LogP contribution is 2.47. The number of carbonyl (C=O) groups is 1. The summed E-state index contributed by atoms with van der Waals surface area (Å²) in [5, 5.41) is 4.43. The Kier molecular flexibility index (Phi) is 4.18. The summed E-state index contributed by atoms with van der Waals surface area (Å²) in [6, 6.07) is 8.73. The lowest BCUT2D eigenvalue weighted by atomic mass is 9.81. The van der Waals surface area contributed by atoms with E-state index in [-0.39, 0.29) is 5.56 Å². The number of aryl methyl sites for hydroxylation is 1. The summed E-state index contributed by atoms with van der Waals surface area (Å²) >= 11 is 1.27. The van der Waals surface area contributed by atoms with Crippen LogP contribution in [0.3, 0.4) is 0 Å². The first-order chi connectivity index (χ1) is 14.4. The van der Waals surface area contributed by atoms with Crippen molar-refractivity contribution in [2.45, 2.75) is 32.2 Å². The van der Waals surface area contributed by atoms with E-state index in [2.05, 4.69) is 5.10 Å². The quantitative estimate of drug-likeness (QED) is 0.587. The predicted octanol–water partition coefficient (Wildman–Crippen LogP) is 1.08. The van der Waals surface area contributed by atoms with Crippen molar-refractivity contribution in [1.82, 2.24) is 14.3 Å². The number of ether oxygens (including phenoxy) is 2. The molecule has 2 aliphatic rings. The molecule has 0 N–H and O–H groups in total. The van der Waals surface area contributed by atoms with Crippen LogP contribution in [0.15, 0.2) is 46.3 Å². The molecular weight excluding hydrogens is 404 g/mol. The Morgan fingerprint density at radius 1 is 1.37 bits per heavy atom. The van der Waals surface area contributed by atoms with Gasteiger partial charge in [0, 0.05) is 18.3 Å². The summed E-state index contributed by atoms with van der Waals surface area (Å²) in [5.74, 6) is -0.619. The highest BCUT2D eigenvalue weighted by atomic mass is 32.1. The number of hydrogen-bond donors (Lipinski definition) is 0. The second kappa shape index (κ2) is 6.66. The number of hydrogen-bond acceptors (Lipinski definition) is 7. The van der Waals surface area contributed by atoms with Gasteiger partial charge in [0.25, 0.3) is 5.56 Å². The minimum atomic E-state index is -1.16. The van der Waals surface area contributed by atoms with E-state index in [0.717, 1.165) is 12.1 Å². The molecule has 0 amide bonds. The van der Waals surface area contributed by atoms with E-state index >= 15 is 0 Å². The zero-order valence-electron chi connectivity index (χ0n) is 16.7. The van der Waals surface area contributed by atoms with Crippen LogP contribution in [0.4, 0.5) is 0 Å². The van der Waals surface area contributed by atoms with E-state index in [4.69, 9.17) is 14.5 Å². The Bertz CT molecular complexity index is 1340. The molecule has 2 aliphatic heterocycles. The Balaban J connectivity index is 1.77. The van der Waals surface area contributed by atoms with Gasteiger partial charge in [-0.25, -0.2) is 4.99 Å². The largest absolute Gasteiger partial charge is 0.469 e. The number of thiazole rings is 1. The highest BCUT2D eigenvalue weighted by molar-refractivity contribution is 7.07. The normalized spacial score (nSPS) is 24.4. The summed E-state index contributed by atoms with van der Waals surface area (Å²) < 4.78 is 15.1. The van der Waals surface area contributed by atoms with Crippen molar-refractivity contribution in [3.63, 3.8) is 0 Å². The molecule has 0 saturated heterocycles. The number of carbonyl (C=O) groups excluding carboxylic acids is 1. The van der Waals surface area contributed by atoms with Crippen LogP contribution in [-0.4, -0.2) is 33.2 Å². The lowest BCUT2D eigenvalue weighted by Gasteiger charge is -2.44.